The summed E-state index contributed by atoms with van der Waals surface area (Å²) in [5.74, 6) is -0.0885. The Hall–Kier alpha value is -2.37. The zero-order valence-corrected chi connectivity index (χ0v) is 16.2. The molecule has 6 nitrogen and oxygen atoms in total. The molecule has 0 saturated carbocycles. The second kappa shape index (κ2) is 8.55. The molecule has 3 rings (SSSR count). The van der Waals surface area contributed by atoms with Crippen molar-refractivity contribution in [2.45, 2.75) is 45.7 Å². The molecule has 0 aliphatic carbocycles. The number of hydrogen-bond donors (Lipinski definition) is 1. The average molecular weight is 371 g/mol. The molecule has 2 fully saturated rings. The van der Waals surface area contributed by atoms with E-state index in [0.29, 0.717) is 26.2 Å². The monoisotopic (exact) mass is 371 g/mol. The van der Waals surface area contributed by atoms with Gasteiger partial charge in [-0.05, 0) is 18.4 Å². The standard InChI is InChI=1S/C21H29N3O3/c1-15(2)21(27)23-10-8-18(9-11-23)22-20(26)17-12-19(25)24(14-17)13-16-6-4-3-5-7-16/h3-7,15,17-18H,8-14H2,1-2H3,(H,22,26). The molecule has 1 unspecified atom stereocenters. The number of carbonyl (C=O) groups excluding carboxylic acids is 3. The van der Waals surface area contributed by atoms with Crippen molar-refractivity contribution in [3.05, 3.63) is 35.9 Å². The third-order valence-electron chi connectivity index (χ3n) is 5.45. The Labute approximate surface area is 160 Å². The molecule has 1 atom stereocenters. The zero-order valence-electron chi connectivity index (χ0n) is 16.2. The highest BCUT2D eigenvalue weighted by atomic mass is 16.2. The summed E-state index contributed by atoms with van der Waals surface area (Å²) >= 11 is 0. The van der Waals surface area contributed by atoms with Gasteiger partial charge in [-0.1, -0.05) is 44.2 Å². The van der Waals surface area contributed by atoms with E-state index in [1.807, 2.05) is 49.1 Å². The second-order valence-electron chi connectivity index (χ2n) is 7.92. The van der Waals surface area contributed by atoms with Gasteiger partial charge >= 0.3 is 0 Å². The van der Waals surface area contributed by atoms with Crippen LogP contribution in [-0.4, -0.2) is 53.2 Å². The van der Waals surface area contributed by atoms with E-state index in [1.54, 1.807) is 4.90 Å². The third-order valence-corrected chi connectivity index (χ3v) is 5.45. The van der Waals surface area contributed by atoms with Gasteiger partial charge in [-0.2, -0.15) is 0 Å². The van der Waals surface area contributed by atoms with E-state index in [-0.39, 0.29) is 42.0 Å². The van der Waals surface area contributed by atoms with Crippen molar-refractivity contribution >= 4 is 17.7 Å². The zero-order chi connectivity index (χ0) is 19.4. The number of benzene rings is 1. The van der Waals surface area contributed by atoms with Gasteiger partial charge in [0.05, 0.1) is 5.92 Å². The number of nitrogens with one attached hydrogen (secondary N) is 1. The van der Waals surface area contributed by atoms with Crippen LogP contribution in [0.3, 0.4) is 0 Å². The highest BCUT2D eigenvalue weighted by Gasteiger charge is 2.35. The first-order valence-electron chi connectivity index (χ1n) is 9.85. The van der Waals surface area contributed by atoms with Crippen LogP contribution in [0.1, 0.15) is 38.7 Å². The van der Waals surface area contributed by atoms with E-state index < -0.39 is 0 Å². The minimum Gasteiger partial charge on any atom is -0.353 e. The Morgan fingerprint density at radius 3 is 2.44 bits per heavy atom. The molecule has 0 aromatic heterocycles. The average Bonchev–Trinajstić information content (AvgIpc) is 3.03. The Kier molecular flexibility index (Phi) is 6.14. The van der Waals surface area contributed by atoms with E-state index in [9.17, 15) is 14.4 Å². The molecule has 1 aromatic rings. The fourth-order valence-corrected chi connectivity index (χ4v) is 3.83. The number of nitrogens with zero attached hydrogens (tertiary/aromatic N) is 2. The molecule has 0 spiro atoms. The lowest BCUT2D eigenvalue weighted by Gasteiger charge is -2.33. The van der Waals surface area contributed by atoms with E-state index in [1.165, 1.54) is 0 Å². The van der Waals surface area contributed by atoms with E-state index >= 15 is 0 Å². The highest BCUT2D eigenvalue weighted by Crippen LogP contribution is 2.21. The first kappa shape index (κ1) is 19.4. The third kappa shape index (κ3) is 4.87. The smallest absolute Gasteiger partial charge is 0.225 e. The van der Waals surface area contributed by atoms with Crippen LogP contribution in [0.25, 0.3) is 0 Å². The molecule has 2 saturated heterocycles. The van der Waals surface area contributed by atoms with Crippen LogP contribution < -0.4 is 5.32 Å². The molecule has 1 N–H and O–H groups in total. The van der Waals surface area contributed by atoms with Crippen molar-refractivity contribution in [2.24, 2.45) is 11.8 Å². The van der Waals surface area contributed by atoms with Gasteiger partial charge in [0.1, 0.15) is 0 Å². The first-order valence-corrected chi connectivity index (χ1v) is 9.85. The minimum absolute atomic E-state index is 0.0104. The van der Waals surface area contributed by atoms with Gasteiger partial charge in [0, 0.05) is 44.6 Å². The molecule has 6 heteroatoms. The summed E-state index contributed by atoms with van der Waals surface area (Å²) in [6, 6.07) is 9.94. The van der Waals surface area contributed by atoms with Gasteiger partial charge in [-0.3, -0.25) is 14.4 Å². The summed E-state index contributed by atoms with van der Waals surface area (Å²) in [5, 5.41) is 3.10. The molecule has 0 bridgehead atoms. The lowest BCUT2D eigenvalue weighted by Crippen LogP contribution is -2.48. The largest absolute Gasteiger partial charge is 0.353 e. The fraction of sp³-hybridized carbons (Fsp3) is 0.571. The van der Waals surface area contributed by atoms with Crippen molar-refractivity contribution in [2.75, 3.05) is 19.6 Å². The molecule has 2 aliphatic heterocycles. The van der Waals surface area contributed by atoms with Crippen LogP contribution in [0.15, 0.2) is 30.3 Å². The van der Waals surface area contributed by atoms with Crippen molar-refractivity contribution in [1.82, 2.24) is 15.1 Å². The van der Waals surface area contributed by atoms with E-state index in [0.717, 1.165) is 18.4 Å². The topological polar surface area (TPSA) is 69.7 Å². The summed E-state index contributed by atoms with van der Waals surface area (Å²) in [5.41, 5.74) is 1.08. The molecule has 2 aliphatic rings. The first-order chi connectivity index (χ1) is 12.9. The number of piperidine rings is 1. The summed E-state index contributed by atoms with van der Waals surface area (Å²) in [6.07, 6.45) is 1.83. The van der Waals surface area contributed by atoms with Gasteiger partial charge < -0.3 is 15.1 Å². The van der Waals surface area contributed by atoms with Crippen molar-refractivity contribution in [3.63, 3.8) is 0 Å². The molecular formula is C21H29N3O3. The number of hydrogen-bond acceptors (Lipinski definition) is 3. The van der Waals surface area contributed by atoms with Crippen LogP contribution >= 0.6 is 0 Å². The summed E-state index contributed by atoms with van der Waals surface area (Å²) in [6.45, 7) is 6.23. The number of rotatable bonds is 5. The number of likely N-dealkylation sites (tertiary alicyclic amines) is 2. The van der Waals surface area contributed by atoms with Crippen molar-refractivity contribution < 1.29 is 14.4 Å². The van der Waals surface area contributed by atoms with Gasteiger partial charge in [0.2, 0.25) is 17.7 Å². The van der Waals surface area contributed by atoms with Gasteiger partial charge in [0.15, 0.2) is 0 Å². The lowest BCUT2D eigenvalue weighted by molar-refractivity contribution is -0.135. The maximum atomic E-state index is 12.6. The fourth-order valence-electron chi connectivity index (χ4n) is 3.83. The minimum atomic E-state index is -0.281. The second-order valence-corrected chi connectivity index (χ2v) is 7.92. The maximum absolute atomic E-state index is 12.6. The predicted molar refractivity (Wildman–Crippen MR) is 103 cm³/mol. The summed E-state index contributed by atoms with van der Waals surface area (Å²) in [7, 11) is 0. The van der Waals surface area contributed by atoms with Crippen molar-refractivity contribution in [1.29, 1.82) is 0 Å². The summed E-state index contributed by atoms with van der Waals surface area (Å²) in [4.78, 5) is 40.6. The number of amides is 3. The molecule has 1 aromatic carbocycles. The van der Waals surface area contributed by atoms with Crippen molar-refractivity contribution in [3.8, 4) is 0 Å². The lowest BCUT2D eigenvalue weighted by atomic mass is 10.0. The normalized spacial score (nSPS) is 21.0. The maximum Gasteiger partial charge on any atom is 0.225 e. The molecular weight excluding hydrogens is 342 g/mol. The quantitative estimate of drug-likeness (QED) is 0.858. The van der Waals surface area contributed by atoms with Gasteiger partial charge in [-0.25, -0.2) is 0 Å². The van der Waals surface area contributed by atoms with E-state index in [2.05, 4.69) is 5.32 Å². The van der Waals surface area contributed by atoms with Crippen LogP contribution in [0.2, 0.25) is 0 Å². The van der Waals surface area contributed by atoms with Gasteiger partial charge in [-0.15, -0.1) is 0 Å². The Morgan fingerprint density at radius 2 is 1.81 bits per heavy atom. The van der Waals surface area contributed by atoms with E-state index in [4.69, 9.17) is 0 Å². The Morgan fingerprint density at radius 1 is 1.15 bits per heavy atom. The molecule has 27 heavy (non-hydrogen) atoms. The SMILES string of the molecule is CC(C)C(=O)N1CCC(NC(=O)C2CC(=O)N(Cc3ccccc3)C2)CC1. The molecule has 146 valence electrons. The van der Waals surface area contributed by atoms with Gasteiger partial charge in [0.25, 0.3) is 0 Å². The molecule has 2 heterocycles. The summed E-state index contributed by atoms with van der Waals surface area (Å²) < 4.78 is 0. The highest BCUT2D eigenvalue weighted by molar-refractivity contribution is 5.89. The molecule has 0 radical (unpaired) electrons. The van der Waals surface area contributed by atoms with Crippen LogP contribution in [0.5, 0.6) is 0 Å². The Bertz CT molecular complexity index is 681. The van der Waals surface area contributed by atoms with Crippen LogP contribution in [0.4, 0.5) is 0 Å². The number of carbonyl (C=O) groups is 3. The van der Waals surface area contributed by atoms with Crippen LogP contribution in [-0.2, 0) is 20.9 Å². The molecule has 3 amide bonds. The Balaban J connectivity index is 1.47. The van der Waals surface area contributed by atoms with Crippen LogP contribution in [0, 0.1) is 11.8 Å². The predicted octanol–water partition coefficient (Wildman–Crippen LogP) is 1.80.